The Labute approximate surface area is 175 Å². The molecule has 1 unspecified atom stereocenters. The van der Waals surface area contributed by atoms with Crippen molar-refractivity contribution in [3.63, 3.8) is 0 Å². The average Bonchev–Trinajstić information content (AvgIpc) is 2.67. The second kappa shape index (κ2) is 7.78. The molecule has 0 spiro atoms. The van der Waals surface area contributed by atoms with Crippen LogP contribution in [0.15, 0.2) is 18.3 Å². The van der Waals surface area contributed by atoms with Gasteiger partial charge in [0, 0.05) is 25.3 Å². The molecular formula is C21H26N8O. The molecule has 2 aromatic rings. The fraction of sp³-hybridized carbons (Fsp3) is 0.476. The van der Waals surface area contributed by atoms with Crippen LogP contribution < -0.4 is 20.9 Å². The van der Waals surface area contributed by atoms with E-state index in [4.69, 9.17) is 10.2 Å². The van der Waals surface area contributed by atoms with E-state index in [0.717, 1.165) is 30.2 Å². The standard InChI is InChI=1S/C21H26N8O/c1-11(2)18-20(30)27-17-12(3)24-21(28-19(17)29(18)4)26-15-7-14(8-15)25-16-6-5-13(9-22)10-23-16/h5-6,10-11,14-15,18H,7-8H2,1-4H3,(H,23,25)(H,27,30)(H,24,26,28). The number of anilines is 4. The van der Waals surface area contributed by atoms with Crippen LogP contribution in [0, 0.1) is 24.2 Å². The topological polar surface area (TPSA) is 119 Å². The third-order valence-corrected chi connectivity index (χ3v) is 5.69. The molecule has 1 atom stereocenters. The lowest BCUT2D eigenvalue weighted by molar-refractivity contribution is -0.118. The molecule has 1 amide bonds. The quantitative estimate of drug-likeness (QED) is 0.693. The Hall–Kier alpha value is -3.41. The minimum atomic E-state index is -0.253. The van der Waals surface area contributed by atoms with Crippen molar-refractivity contribution in [2.24, 2.45) is 5.92 Å². The number of amides is 1. The van der Waals surface area contributed by atoms with Gasteiger partial charge in [0.2, 0.25) is 11.9 Å². The number of nitrogens with zero attached hydrogens (tertiary/aromatic N) is 5. The number of fused-ring (bicyclic) bond motifs is 1. The van der Waals surface area contributed by atoms with Crippen molar-refractivity contribution in [1.82, 2.24) is 15.0 Å². The number of aromatic nitrogens is 3. The predicted molar refractivity (Wildman–Crippen MR) is 115 cm³/mol. The number of hydrogen-bond donors (Lipinski definition) is 3. The van der Waals surface area contributed by atoms with Crippen molar-refractivity contribution in [1.29, 1.82) is 5.26 Å². The molecule has 9 heteroatoms. The molecule has 1 fully saturated rings. The minimum absolute atomic E-state index is 0.0169. The Morgan fingerprint density at radius 3 is 2.60 bits per heavy atom. The Morgan fingerprint density at radius 2 is 1.97 bits per heavy atom. The summed E-state index contributed by atoms with van der Waals surface area (Å²) in [5.41, 5.74) is 1.99. The van der Waals surface area contributed by atoms with Crippen LogP contribution in [-0.4, -0.2) is 46.0 Å². The van der Waals surface area contributed by atoms with Crippen molar-refractivity contribution >= 4 is 29.2 Å². The lowest BCUT2D eigenvalue weighted by atomic mass is 9.87. The number of pyridine rings is 1. The number of carbonyl (C=O) groups is 1. The number of aryl methyl sites for hydroxylation is 1. The summed E-state index contributed by atoms with van der Waals surface area (Å²) in [6.45, 7) is 5.95. The minimum Gasteiger partial charge on any atom is -0.367 e. The normalized spacial score (nSPS) is 22.6. The third-order valence-electron chi connectivity index (χ3n) is 5.69. The van der Waals surface area contributed by atoms with Gasteiger partial charge in [-0.15, -0.1) is 0 Å². The van der Waals surface area contributed by atoms with Gasteiger partial charge in [0.25, 0.3) is 0 Å². The van der Waals surface area contributed by atoms with Crippen molar-refractivity contribution in [2.45, 2.75) is 51.7 Å². The number of hydrogen-bond acceptors (Lipinski definition) is 8. The summed E-state index contributed by atoms with van der Waals surface area (Å²) in [6.07, 6.45) is 3.41. The fourth-order valence-corrected chi connectivity index (χ4v) is 4.07. The SMILES string of the molecule is Cc1nc(NC2CC(Nc3ccc(C#N)cn3)C2)nc2c1NC(=O)C(C(C)C)N2C. The molecule has 1 aliphatic carbocycles. The van der Waals surface area contributed by atoms with Crippen molar-refractivity contribution < 1.29 is 4.79 Å². The highest BCUT2D eigenvalue weighted by Crippen LogP contribution is 2.35. The number of nitriles is 1. The smallest absolute Gasteiger partial charge is 0.247 e. The molecule has 30 heavy (non-hydrogen) atoms. The summed E-state index contributed by atoms with van der Waals surface area (Å²) >= 11 is 0. The van der Waals surface area contributed by atoms with Gasteiger partial charge in [-0.1, -0.05) is 13.8 Å². The number of likely N-dealkylation sites (N-methyl/N-ethyl adjacent to an activating group) is 1. The lowest BCUT2D eigenvalue weighted by Gasteiger charge is -2.38. The summed E-state index contributed by atoms with van der Waals surface area (Å²) in [5, 5.41) is 18.6. The van der Waals surface area contributed by atoms with E-state index in [1.807, 2.05) is 38.8 Å². The van der Waals surface area contributed by atoms with Crippen LogP contribution in [0.25, 0.3) is 0 Å². The van der Waals surface area contributed by atoms with Crippen LogP contribution in [0.3, 0.4) is 0 Å². The molecule has 0 radical (unpaired) electrons. The van der Waals surface area contributed by atoms with E-state index < -0.39 is 0 Å². The Kier molecular flexibility index (Phi) is 5.16. The molecule has 3 heterocycles. The lowest BCUT2D eigenvalue weighted by Crippen LogP contribution is -2.50. The van der Waals surface area contributed by atoms with Crippen molar-refractivity contribution in [2.75, 3.05) is 27.9 Å². The number of carbonyl (C=O) groups excluding carboxylic acids is 1. The zero-order chi connectivity index (χ0) is 21.4. The van der Waals surface area contributed by atoms with Crippen LogP contribution >= 0.6 is 0 Å². The summed E-state index contributed by atoms with van der Waals surface area (Å²) < 4.78 is 0. The molecule has 0 aromatic carbocycles. The molecule has 2 aromatic heterocycles. The Balaban J connectivity index is 1.40. The number of rotatable bonds is 5. The first kappa shape index (κ1) is 19.9. The maximum absolute atomic E-state index is 12.4. The summed E-state index contributed by atoms with van der Waals surface area (Å²) in [4.78, 5) is 27.9. The van der Waals surface area contributed by atoms with Gasteiger partial charge < -0.3 is 20.9 Å². The Morgan fingerprint density at radius 1 is 1.23 bits per heavy atom. The Bertz CT molecular complexity index is 991. The molecule has 0 bridgehead atoms. The van der Waals surface area contributed by atoms with Crippen LogP contribution in [0.1, 0.15) is 37.9 Å². The predicted octanol–water partition coefficient (Wildman–Crippen LogP) is 2.52. The van der Waals surface area contributed by atoms with Gasteiger partial charge in [0.1, 0.15) is 23.6 Å². The highest BCUT2D eigenvalue weighted by atomic mass is 16.2. The van der Waals surface area contributed by atoms with Gasteiger partial charge in [-0.2, -0.15) is 10.2 Å². The zero-order valence-corrected chi connectivity index (χ0v) is 17.6. The molecule has 4 rings (SSSR count). The molecule has 1 aliphatic heterocycles. The van der Waals surface area contributed by atoms with E-state index in [9.17, 15) is 4.79 Å². The first-order chi connectivity index (χ1) is 14.4. The molecule has 9 nitrogen and oxygen atoms in total. The van der Waals surface area contributed by atoms with Gasteiger partial charge in [0.15, 0.2) is 5.82 Å². The van der Waals surface area contributed by atoms with Gasteiger partial charge in [-0.25, -0.2) is 9.97 Å². The highest BCUT2D eigenvalue weighted by molar-refractivity contribution is 6.03. The zero-order valence-electron chi connectivity index (χ0n) is 17.6. The van der Waals surface area contributed by atoms with Crippen molar-refractivity contribution in [3.8, 4) is 6.07 Å². The third kappa shape index (κ3) is 3.73. The summed E-state index contributed by atoms with van der Waals surface area (Å²) in [7, 11) is 1.91. The molecule has 2 aliphatic rings. The maximum atomic E-state index is 12.4. The van der Waals surface area contributed by atoms with E-state index in [-0.39, 0.29) is 23.9 Å². The van der Waals surface area contributed by atoms with E-state index in [1.54, 1.807) is 12.3 Å². The second-order valence-corrected chi connectivity index (χ2v) is 8.32. The first-order valence-corrected chi connectivity index (χ1v) is 10.2. The van der Waals surface area contributed by atoms with Crippen LogP contribution in [-0.2, 0) is 4.79 Å². The van der Waals surface area contributed by atoms with Gasteiger partial charge in [-0.05, 0) is 37.8 Å². The largest absolute Gasteiger partial charge is 0.367 e. The highest BCUT2D eigenvalue weighted by Gasteiger charge is 2.36. The molecule has 1 saturated carbocycles. The van der Waals surface area contributed by atoms with Crippen LogP contribution in [0.5, 0.6) is 0 Å². The van der Waals surface area contributed by atoms with E-state index in [1.165, 1.54) is 0 Å². The van der Waals surface area contributed by atoms with E-state index >= 15 is 0 Å². The maximum Gasteiger partial charge on any atom is 0.247 e. The number of nitrogens with one attached hydrogen (secondary N) is 3. The second-order valence-electron chi connectivity index (χ2n) is 8.32. The van der Waals surface area contributed by atoms with Crippen molar-refractivity contribution in [3.05, 3.63) is 29.6 Å². The fourth-order valence-electron chi connectivity index (χ4n) is 4.07. The van der Waals surface area contributed by atoms with Gasteiger partial charge >= 0.3 is 0 Å². The van der Waals surface area contributed by atoms with Crippen LogP contribution in [0.4, 0.5) is 23.3 Å². The molecular weight excluding hydrogens is 380 g/mol. The van der Waals surface area contributed by atoms with Crippen LogP contribution in [0.2, 0.25) is 0 Å². The van der Waals surface area contributed by atoms with E-state index in [2.05, 4.69) is 32.0 Å². The summed E-state index contributed by atoms with van der Waals surface area (Å²) in [6, 6.07) is 5.98. The molecule has 3 N–H and O–H groups in total. The van der Waals surface area contributed by atoms with Gasteiger partial charge in [0.05, 0.1) is 11.3 Å². The monoisotopic (exact) mass is 406 g/mol. The first-order valence-electron chi connectivity index (χ1n) is 10.2. The van der Waals surface area contributed by atoms with Gasteiger partial charge in [-0.3, -0.25) is 4.79 Å². The molecule has 0 saturated heterocycles. The average molecular weight is 406 g/mol. The molecule has 156 valence electrons. The summed E-state index contributed by atoms with van der Waals surface area (Å²) in [5.74, 6) is 2.26. The van der Waals surface area contributed by atoms with E-state index in [0.29, 0.717) is 23.2 Å².